The highest BCUT2D eigenvalue weighted by Crippen LogP contribution is 1.97. The molecular formula is C11H16O4. The Morgan fingerprint density at radius 3 is 2.33 bits per heavy atom. The van der Waals surface area contributed by atoms with Gasteiger partial charge in [-0.05, 0) is 18.9 Å². The van der Waals surface area contributed by atoms with Crippen molar-refractivity contribution in [1.82, 2.24) is 0 Å². The van der Waals surface area contributed by atoms with Crippen LogP contribution < -0.4 is 0 Å². The minimum atomic E-state index is -0.941. The van der Waals surface area contributed by atoms with Gasteiger partial charge in [-0.2, -0.15) is 0 Å². The number of carbonyl (C=O) groups is 3. The van der Waals surface area contributed by atoms with Gasteiger partial charge in [-0.15, -0.1) is 0 Å². The summed E-state index contributed by atoms with van der Waals surface area (Å²) in [5.74, 6) is -1.87. The molecule has 0 atom stereocenters. The summed E-state index contributed by atoms with van der Waals surface area (Å²) in [5.41, 5.74) is 0. The van der Waals surface area contributed by atoms with Crippen molar-refractivity contribution in [3.63, 3.8) is 0 Å². The van der Waals surface area contributed by atoms with Gasteiger partial charge in [0.15, 0.2) is 5.78 Å². The van der Waals surface area contributed by atoms with Crippen molar-refractivity contribution < 1.29 is 19.1 Å². The largest absolute Gasteiger partial charge is 0.460 e. The Morgan fingerprint density at radius 1 is 1.27 bits per heavy atom. The van der Waals surface area contributed by atoms with Crippen LogP contribution in [0.5, 0.6) is 0 Å². The summed E-state index contributed by atoms with van der Waals surface area (Å²) in [6.45, 7) is 5.57. The predicted octanol–water partition coefficient (Wildman–Crippen LogP) is 1.29. The molecule has 0 spiro atoms. The molecular weight excluding hydrogens is 196 g/mol. The molecule has 0 unspecified atom stereocenters. The van der Waals surface area contributed by atoms with Gasteiger partial charge in [0, 0.05) is 0 Å². The molecule has 0 aromatic carbocycles. The molecule has 0 aliphatic carbocycles. The molecule has 0 amide bonds. The van der Waals surface area contributed by atoms with Gasteiger partial charge in [0.2, 0.25) is 5.78 Å². The topological polar surface area (TPSA) is 60.4 Å². The fourth-order valence-electron chi connectivity index (χ4n) is 0.801. The van der Waals surface area contributed by atoms with Crippen LogP contribution in [0.25, 0.3) is 0 Å². The Hall–Kier alpha value is -1.45. The lowest BCUT2D eigenvalue weighted by Crippen LogP contribution is -2.19. The second kappa shape index (κ2) is 6.92. The first-order valence-corrected chi connectivity index (χ1v) is 4.88. The molecule has 0 rings (SSSR count). The van der Waals surface area contributed by atoms with E-state index in [0.29, 0.717) is 0 Å². The van der Waals surface area contributed by atoms with Gasteiger partial charge >= 0.3 is 5.97 Å². The molecule has 4 heteroatoms. The number of allylic oxidation sites excluding steroid dienone is 2. The molecule has 0 saturated carbocycles. The fourth-order valence-corrected chi connectivity index (χ4v) is 0.801. The number of ketones is 2. The molecule has 0 radical (unpaired) electrons. The first-order valence-electron chi connectivity index (χ1n) is 4.88. The third-order valence-electron chi connectivity index (χ3n) is 1.50. The molecule has 0 fully saturated rings. The van der Waals surface area contributed by atoms with Crippen molar-refractivity contribution in [2.75, 3.05) is 6.61 Å². The number of esters is 1. The molecule has 0 saturated heterocycles. The molecule has 0 aliphatic rings. The van der Waals surface area contributed by atoms with E-state index in [4.69, 9.17) is 0 Å². The van der Waals surface area contributed by atoms with E-state index in [9.17, 15) is 14.4 Å². The molecule has 84 valence electrons. The van der Waals surface area contributed by atoms with Gasteiger partial charge in [0.1, 0.15) is 0 Å². The van der Waals surface area contributed by atoms with Crippen LogP contribution in [0.15, 0.2) is 12.2 Å². The lowest BCUT2D eigenvalue weighted by molar-refractivity contribution is -0.154. The Labute approximate surface area is 89.3 Å². The Morgan fingerprint density at radius 2 is 1.87 bits per heavy atom. The van der Waals surface area contributed by atoms with Crippen molar-refractivity contribution in [1.29, 1.82) is 0 Å². The van der Waals surface area contributed by atoms with Gasteiger partial charge < -0.3 is 4.74 Å². The maximum absolute atomic E-state index is 11.2. The number of rotatable bonds is 6. The number of hydrogen-bond donors (Lipinski definition) is 0. The van der Waals surface area contributed by atoms with E-state index in [1.807, 2.05) is 13.8 Å². The van der Waals surface area contributed by atoms with E-state index < -0.39 is 18.2 Å². The van der Waals surface area contributed by atoms with Crippen molar-refractivity contribution >= 4 is 17.5 Å². The second-order valence-electron chi connectivity index (χ2n) is 3.39. The summed E-state index contributed by atoms with van der Waals surface area (Å²) in [4.78, 5) is 33.1. The summed E-state index contributed by atoms with van der Waals surface area (Å²) < 4.78 is 4.47. The van der Waals surface area contributed by atoms with Gasteiger partial charge in [-0.25, -0.2) is 4.79 Å². The maximum atomic E-state index is 11.2. The second-order valence-corrected chi connectivity index (χ2v) is 3.39. The van der Waals surface area contributed by atoms with Crippen LogP contribution in [0, 0.1) is 5.92 Å². The summed E-state index contributed by atoms with van der Waals surface area (Å²) in [5, 5.41) is 0. The lowest BCUT2D eigenvalue weighted by Gasteiger charge is -1.98. The first-order chi connectivity index (χ1) is 6.97. The molecule has 0 heterocycles. The zero-order valence-electron chi connectivity index (χ0n) is 9.28. The molecule has 0 N–H and O–H groups in total. The molecule has 0 aromatic heterocycles. The summed E-state index contributed by atoms with van der Waals surface area (Å²) in [6.07, 6.45) is 2.59. The van der Waals surface area contributed by atoms with Crippen LogP contribution in [-0.2, 0) is 19.1 Å². The van der Waals surface area contributed by atoms with Crippen molar-refractivity contribution in [2.45, 2.75) is 27.2 Å². The number of Topliss-reactive ketones (excluding diaryl/α,β-unsaturated/α-hetero) is 1. The van der Waals surface area contributed by atoms with E-state index in [0.717, 1.165) is 0 Å². The Bertz CT molecular complexity index is 276. The van der Waals surface area contributed by atoms with Crippen LogP contribution in [0.2, 0.25) is 0 Å². The van der Waals surface area contributed by atoms with Crippen molar-refractivity contribution in [3.05, 3.63) is 12.2 Å². The molecule has 0 aliphatic heterocycles. The number of hydrogen-bond acceptors (Lipinski definition) is 4. The normalized spacial score (nSPS) is 10.7. The zero-order chi connectivity index (χ0) is 11.8. The number of carbonyl (C=O) groups excluding carboxylic acids is 3. The third-order valence-corrected chi connectivity index (χ3v) is 1.50. The Balaban J connectivity index is 4.07. The smallest absolute Gasteiger partial charge is 0.375 e. The average Bonchev–Trinajstić information content (AvgIpc) is 2.15. The molecule has 0 aromatic rings. The summed E-state index contributed by atoms with van der Waals surface area (Å²) >= 11 is 0. The predicted molar refractivity (Wildman–Crippen MR) is 55.2 cm³/mol. The van der Waals surface area contributed by atoms with E-state index in [1.165, 1.54) is 6.08 Å². The van der Waals surface area contributed by atoms with Crippen molar-refractivity contribution in [3.8, 4) is 0 Å². The number of ether oxygens (including phenoxy) is 1. The van der Waals surface area contributed by atoms with Crippen LogP contribution >= 0.6 is 0 Å². The SMILES string of the molecule is CCOC(=O)C(=O)CC(=O)C=CC(C)C. The minimum absolute atomic E-state index is 0.139. The van der Waals surface area contributed by atoms with E-state index >= 15 is 0 Å². The van der Waals surface area contributed by atoms with Gasteiger partial charge in [-0.3, -0.25) is 9.59 Å². The zero-order valence-corrected chi connectivity index (χ0v) is 9.28. The van der Waals surface area contributed by atoms with Crippen LogP contribution in [-0.4, -0.2) is 24.1 Å². The van der Waals surface area contributed by atoms with Crippen LogP contribution in [0.4, 0.5) is 0 Å². The molecule has 0 bridgehead atoms. The van der Waals surface area contributed by atoms with E-state index in [1.54, 1.807) is 13.0 Å². The van der Waals surface area contributed by atoms with Crippen molar-refractivity contribution in [2.24, 2.45) is 5.92 Å². The minimum Gasteiger partial charge on any atom is -0.460 e. The average molecular weight is 212 g/mol. The molecule has 15 heavy (non-hydrogen) atoms. The standard InChI is InChI=1S/C11H16O4/c1-4-15-11(14)10(13)7-9(12)6-5-8(2)3/h5-6,8H,4,7H2,1-3H3. The van der Waals surface area contributed by atoms with Gasteiger partial charge in [-0.1, -0.05) is 19.9 Å². The quantitative estimate of drug-likeness (QED) is 0.288. The van der Waals surface area contributed by atoms with Gasteiger partial charge in [0.05, 0.1) is 13.0 Å². The molecule has 4 nitrogen and oxygen atoms in total. The fraction of sp³-hybridized carbons (Fsp3) is 0.545. The Kier molecular flexibility index (Phi) is 6.25. The van der Waals surface area contributed by atoms with E-state index in [2.05, 4.69) is 4.74 Å². The summed E-state index contributed by atoms with van der Waals surface area (Å²) in [6, 6.07) is 0. The maximum Gasteiger partial charge on any atom is 0.375 e. The van der Waals surface area contributed by atoms with Crippen LogP contribution in [0.1, 0.15) is 27.2 Å². The summed E-state index contributed by atoms with van der Waals surface area (Å²) in [7, 11) is 0. The lowest BCUT2D eigenvalue weighted by atomic mass is 10.1. The van der Waals surface area contributed by atoms with E-state index in [-0.39, 0.29) is 18.3 Å². The van der Waals surface area contributed by atoms with Crippen LogP contribution in [0.3, 0.4) is 0 Å². The highest BCUT2D eigenvalue weighted by atomic mass is 16.5. The van der Waals surface area contributed by atoms with Gasteiger partial charge in [0.25, 0.3) is 0 Å². The third kappa shape index (κ3) is 6.60. The first kappa shape index (κ1) is 13.5. The highest BCUT2D eigenvalue weighted by Gasteiger charge is 2.17. The highest BCUT2D eigenvalue weighted by molar-refractivity contribution is 6.37. The monoisotopic (exact) mass is 212 g/mol.